The normalized spacial score (nSPS) is 14.2. The Morgan fingerprint density at radius 3 is 2.44 bits per heavy atom. The van der Waals surface area contributed by atoms with Gasteiger partial charge in [0.15, 0.2) is 0 Å². The van der Waals surface area contributed by atoms with Gasteiger partial charge >= 0.3 is 5.97 Å². The molecule has 0 unspecified atom stereocenters. The van der Waals surface area contributed by atoms with E-state index in [1.165, 1.54) is 25.4 Å². The zero-order valence-corrected chi connectivity index (χ0v) is 20.3. The average Bonchev–Trinajstić information content (AvgIpc) is 3.11. The molecule has 1 heterocycles. The van der Waals surface area contributed by atoms with E-state index in [4.69, 9.17) is 9.47 Å². The van der Waals surface area contributed by atoms with E-state index in [2.05, 4.69) is 5.32 Å². The van der Waals surface area contributed by atoms with Gasteiger partial charge in [-0.1, -0.05) is 0 Å². The van der Waals surface area contributed by atoms with Crippen LogP contribution in [0.25, 0.3) is 0 Å². The summed E-state index contributed by atoms with van der Waals surface area (Å²) in [5.41, 5.74) is 1.66. The maximum Gasteiger partial charge on any atom is 0.341 e. The second-order valence-electron chi connectivity index (χ2n) is 7.56. The fourth-order valence-corrected chi connectivity index (χ4v) is 6.28. The van der Waals surface area contributed by atoms with Gasteiger partial charge in [0.2, 0.25) is 15.9 Å². The largest absolute Gasteiger partial charge is 0.497 e. The van der Waals surface area contributed by atoms with Crippen LogP contribution in [0.5, 0.6) is 5.75 Å². The molecule has 0 fully saturated rings. The minimum Gasteiger partial charge on any atom is -0.497 e. The number of nitrogens with one attached hydrogen (secondary N) is 1. The number of nitrogens with zero attached hydrogens (tertiary/aromatic N) is 1. The lowest BCUT2D eigenvalue weighted by molar-refractivity contribution is -0.116. The van der Waals surface area contributed by atoms with Crippen LogP contribution in [-0.4, -0.2) is 46.3 Å². The van der Waals surface area contributed by atoms with Crippen molar-refractivity contribution in [2.24, 2.45) is 0 Å². The van der Waals surface area contributed by atoms with Gasteiger partial charge in [0.05, 0.1) is 31.2 Å². The second-order valence-corrected chi connectivity index (χ2v) is 10.5. The van der Waals surface area contributed by atoms with Gasteiger partial charge in [-0.3, -0.25) is 9.10 Å². The summed E-state index contributed by atoms with van der Waals surface area (Å²) in [6.45, 7) is 3.47. The lowest BCUT2D eigenvalue weighted by Gasteiger charge is -2.28. The number of anilines is 2. The van der Waals surface area contributed by atoms with Gasteiger partial charge in [-0.05, 0) is 69.4 Å². The van der Waals surface area contributed by atoms with Crippen LogP contribution in [0.3, 0.4) is 0 Å². The van der Waals surface area contributed by atoms with Crippen molar-refractivity contribution in [1.29, 1.82) is 0 Å². The molecule has 1 aliphatic rings. The molecule has 10 heteroatoms. The number of hydrogen-bond acceptors (Lipinski definition) is 7. The Hall–Kier alpha value is -2.59. The van der Waals surface area contributed by atoms with Gasteiger partial charge < -0.3 is 14.8 Å². The molecule has 32 heavy (non-hydrogen) atoms. The minimum absolute atomic E-state index is 0.229. The molecule has 2 aromatic rings. The smallest absolute Gasteiger partial charge is 0.341 e. The van der Waals surface area contributed by atoms with E-state index in [-0.39, 0.29) is 6.61 Å². The van der Waals surface area contributed by atoms with Gasteiger partial charge in [0, 0.05) is 4.88 Å². The highest BCUT2D eigenvalue weighted by atomic mass is 32.2. The van der Waals surface area contributed by atoms with Crippen LogP contribution in [0.1, 0.15) is 47.5 Å². The summed E-state index contributed by atoms with van der Waals surface area (Å²) in [6, 6.07) is 5.37. The standard InChI is InChI=1S/C22H28N2O6S2/c1-5-30-22(26)19-17-8-6-7-9-18(17)31-21(19)23-20(25)14(2)24(32(4,27)28)15-10-12-16(29-3)13-11-15/h10-14H,5-9H2,1-4H3,(H,23,25)/t14-/m1/s1. The molecule has 1 aromatic heterocycles. The van der Waals surface area contributed by atoms with Crippen LogP contribution in [0.2, 0.25) is 0 Å². The monoisotopic (exact) mass is 480 g/mol. The summed E-state index contributed by atoms with van der Waals surface area (Å²) in [6.07, 6.45) is 4.65. The lowest BCUT2D eigenvalue weighted by atomic mass is 9.95. The molecule has 1 aromatic carbocycles. The van der Waals surface area contributed by atoms with Crippen molar-refractivity contribution in [3.8, 4) is 5.75 Å². The third-order valence-corrected chi connectivity index (χ3v) is 7.75. The molecular weight excluding hydrogens is 452 g/mol. The molecular formula is C22H28N2O6S2. The molecule has 1 N–H and O–H groups in total. The van der Waals surface area contributed by atoms with Crippen LogP contribution in [-0.2, 0) is 32.4 Å². The fourth-order valence-electron chi connectivity index (χ4n) is 3.83. The third-order valence-electron chi connectivity index (χ3n) is 5.30. The summed E-state index contributed by atoms with van der Waals surface area (Å²) in [7, 11) is -2.25. The highest BCUT2D eigenvalue weighted by molar-refractivity contribution is 7.92. The predicted molar refractivity (Wildman–Crippen MR) is 125 cm³/mol. The van der Waals surface area contributed by atoms with E-state index in [0.717, 1.165) is 46.7 Å². The number of carbonyl (C=O) groups excluding carboxylic acids is 2. The summed E-state index contributed by atoms with van der Waals surface area (Å²) >= 11 is 1.36. The van der Waals surface area contributed by atoms with Crippen molar-refractivity contribution in [3.05, 3.63) is 40.3 Å². The molecule has 0 spiro atoms. The number of carbonyl (C=O) groups is 2. The van der Waals surface area contributed by atoms with Crippen molar-refractivity contribution in [2.75, 3.05) is 29.6 Å². The summed E-state index contributed by atoms with van der Waals surface area (Å²) in [5.74, 6) is -0.428. The number of aryl methyl sites for hydroxylation is 1. The molecule has 1 atom stereocenters. The number of esters is 1. The van der Waals surface area contributed by atoms with E-state index in [9.17, 15) is 18.0 Å². The number of ether oxygens (including phenoxy) is 2. The number of fused-ring (bicyclic) bond motifs is 1. The van der Waals surface area contributed by atoms with E-state index >= 15 is 0 Å². The molecule has 1 amide bonds. The van der Waals surface area contributed by atoms with Crippen LogP contribution >= 0.6 is 11.3 Å². The second kappa shape index (κ2) is 9.91. The molecule has 0 bridgehead atoms. The van der Waals surface area contributed by atoms with Crippen molar-refractivity contribution in [3.63, 3.8) is 0 Å². The van der Waals surface area contributed by atoms with Gasteiger partial charge in [0.25, 0.3) is 0 Å². The SMILES string of the molecule is CCOC(=O)c1c(NC(=O)[C@@H](C)N(c2ccc(OC)cc2)S(C)(=O)=O)sc2c1CCCC2. The number of rotatable bonds is 8. The Bertz CT molecular complexity index is 1090. The first-order valence-electron chi connectivity index (χ1n) is 10.4. The van der Waals surface area contributed by atoms with Crippen LogP contribution in [0.4, 0.5) is 10.7 Å². The molecule has 0 aliphatic heterocycles. The maximum absolute atomic E-state index is 13.2. The number of thiophene rings is 1. The van der Waals surface area contributed by atoms with Crippen molar-refractivity contribution < 1.29 is 27.5 Å². The van der Waals surface area contributed by atoms with E-state index in [1.807, 2.05) is 0 Å². The highest BCUT2D eigenvalue weighted by Gasteiger charge is 2.32. The Morgan fingerprint density at radius 1 is 1.19 bits per heavy atom. The van der Waals surface area contributed by atoms with Gasteiger partial charge in [0.1, 0.15) is 16.8 Å². The molecule has 1 aliphatic carbocycles. The Kier molecular flexibility index (Phi) is 7.45. The highest BCUT2D eigenvalue weighted by Crippen LogP contribution is 2.39. The number of amides is 1. The summed E-state index contributed by atoms with van der Waals surface area (Å²) in [4.78, 5) is 26.9. The minimum atomic E-state index is -3.77. The van der Waals surface area contributed by atoms with Gasteiger partial charge in [-0.25, -0.2) is 13.2 Å². The van der Waals surface area contributed by atoms with Crippen LogP contribution in [0.15, 0.2) is 24.3 Å². The van der Waals surface area contributed by atoms with Crippen LogP contribution in [0, 0.1) is 0 Å². The zero-order chi connectivity index (χ0) is 23.5. The summed E-state index contributed by atoms with van der Waals surface area (Å²) in [5, 5.41) is 3.21. The third kappa shape index (κ3) is 5.07. The summed E-state index contributed by atoms with van der Waals surface area (Å²) < 4.78 is 36.5. The average molecular weight is 481 g/mol. The number of sulfonamides is 1. The molecule has 3 rings (SSSR count). The van der Waals surface area contributed by atoms with E-state index in [1.54, 1.807) is 31.2 Å². The first kappa shape index (κ1) is 24.1. The Labute approximate surface area is 192 Å². The Morgan fingerprint density at radius 2 is 1.84 bits per heavy atom. The fraction of sp³-hybridized carbons (Fsp3) is 0.455. The van der Waals surface area contributed by atoms with Crippen LogP contribution < -0.4 is 14.4 Å². The lowest BCUT2D eigenvalue weighted by Crippen LogP contribution is -2.45. The van der Waals surface area contributed by atoms with Gasteiger partial charge in [-0.15, -0.1) is 11.3 Å². The molecule has 0 radical (unpaired) electrons. The quantitative estimate of drug-likeness (QED) is 0.579. The van der Waals surface area contributed by atoms with E-state index in [0.29, 0.717) is 22.0 Å². The Balaban J connectivity index is 1.92. The topological polar surface area (TPSA) is 102 Å². The van der Waals surface area contributed by atoms with Crippen molar-refractivity contribution in [1.82, 2.24) is 0 Å². The van der Waals surface area contributed by atoms with E-state index < -0.39 is 27.9 Å². The van der Waals surface area contributed by atoms with Gasteiger partial charge in [-0.2, -0.15) is 0 Å². The molecule has 0 saturated heterocycles. The first-order chi connectivity index (χ1) is 15.2. The predicted octanol–water partition coefficient (Wildman–Crippen LogP) is 3.61. The van der Waals surface area contributed by atoms with Crippen molar-refractivity contribution >= 4 is 43.9 Å². The van der Waals surface area contributed by atoms with Crippen molar-refractivity contribution in [2.45, 2.75) is 45.6 Å². The first-order valence-corrected chi connectivity index (χ1v) is 13.1. The molecule has 8 nitrogen and oxygen atoms in total. The number of methoxy groups -OCH3 is 1. The molecule has 174 valence electrons. The maximum atomic E-state index is 13.2. The molecule has 0 saturated carbocycles. The number of hydrogen-bond donors (Lipinski definition) is 1. The zero-order valence-electron chi connectivity index (χ0n) is 18.6. The number of benzene rings is 1.